The zero-order valence-electron chi connectivity index (χ0n) is 13.0. The Labute approximate surface area is 149 Å². The molecule has 1 aliphatic heterocycles. The summed E-state index contributed by atoms with van der Waals surface area (Å²) in [5.41, 5.74) is 5.99. The van der Waals surface area contributed by atoms with E-state index < -0.39 is 0 Å². The number of likely N-dealkylation sites (tertiary alicyclic amines) is 1. The maximum atomic E-state index is 5.99. The van der Waals surface area contributed by atoms with E-state index in [1.807, 2.05) is 12.1 Å². The Hall–Kier alpha value is -0.760. The lowest BCUT2D eigenvalue weighted by Crippen LogP contribution is -2.38. The van der Waals surface area contributed by atoms with E-state index in [-0.39, 0.29) is 30.0 Å². The first-order chi connectivity index (χ1) is 10.3. The van der Waals surface area contributed by atoms with Crippen molar-refractivity contribution in [3.63, 3.8) is 0 Å². The van der Waals surface area contributed by atoms with Crippen molar-refractivity contribution in [3.05, 3.63) is 24.2 Å². The van der Waals surface area contributed by atoms with Gasteiger partial charge in [0.05, 0.1) is 18.8 Å². The van der Waals surface area contributed by atoms with E-state index in [1.54, 1.807) is 6.26 Å². The molecule has 0 amide bonds. The van der Waals surface area contributed by atoms with Crippen LogP contribution in [0.15, 0.2) is 27.8 Å². The molecule has 1 aromatic heterocycles. The molecule has 1 unspecified atom stereocenters. The van der Waals surface area contributed by atoms with Crippen LogP contribution in [0.3, 0.4) is 0 Å². The molecule has 124 valence electrons. The van der Waals surface area contributed by atoms with E-state index in [0.29, 0.717) is 12.5 Å². The molecule has 1 atom stereocenters. The molecule has 1 aromatic rings. The summed E-state index contributed by atoms with van der Waals surface area (Å²) in [4.78, 5) is 6.98. The average molecular weight is 418 g/mol. The number of aliphatic imine (C=N–C) groups is 1. The SMILES string of the molecule is I.NC(=NCC(c1ccco1)N1CCCC1)NCC1CCC1. The molecular weight excluding hydrogens is 391 g/mol. The van der Waals surface area contributed by atoms with Crippen molar-refractivity contribution in [1.29, 1.82) is 0 Å². The van der Waals surface area contributed by atoms with Gasteiger partial charge < -0.3 is 15.5 Å². The highest BCUT2D eigenvalue weighted by molar-refractivity contribution is 14.0. The predicted molar refractivity (Wildman–Crippen MR) is 99.5 cm³/mol. The maximum absolute atomic E-state index is 5.99. The summed E-state index contributed by atoms with van der Waals surface area (Å²) in [6.07, 6.45) is 8.26. The first kappa shape index (κ1) is 17.6. The summed E-state index contributed by atoms with van der Waals surface area (Å²) >= 11 is 0. The standard InChI is InChI=1S/C16H26N4O.HI/c17-16(18-11-13-5-3-6-13)19-12-14(15-7-4-10-21-15)20-8-1-2-9-20;/h4,7,10,13-14H,1-3,5-6,8-9,11-12H2,(H3,17,18,19);1H. The lowest BCUT2D eigenvalue weighted by molar-refractivity contribution is 0.221. The van der Waals surface area contributed by atoms with Gasteiger partial charge in [-0.2, -0.15) is 0 Å². The first-order valence-corrected chi connectivity index (χ1v) is 8.14. The molecule has 2 heterocycles. The van der Waals surface area contributed by atoms with Gasteiger partial charge in [-0.05, 0) is 56.8 Å². The smallest absolute Gasteiger partial charge is 0.188 e. The Morgan fingerprint density at radius 3 is 2.73 bits per heavy atom. The van der Waals surface area contributed by atoms with Gasteiger partial charge in [-0.1, -0.05) is 6.42 Å². The van der Waals surface area contributed by atoms with Gasteiger partial charge in [-0.25, -0.2) is 0 Å². The Kier molecular flexibility index (Phi) is 7.01. The van der Waals surface area contributed by atoms with E-state index in [9.17, 15) is 0 Å². The number of hydrogen-bond donors (Lipinski definition) is 2. The Bertz CT molecular complexity index is 453. The monoisotopic (exact) mass is 418 g/mol. The third-order valence-corrected chi connectivity index (χ3v) is 4.68. The molecule has 1 aliphatic carbocycles. The van der Waals surface area contributed by atoms with Gasteiger partial charge in [0, 0.05) is 6.54 Å². The Morgan fingerprint density at radius 2 is 2.14 bits per heavy atom. The molecule has 1 saturated carbocycles. The number of nitrogens with one attached hydrogen (secondary N) is 1. The second-order valence-electron chi connectivity index (χ2n) is 6.18. The van der Waals surface area contributed by atoms with Crippen LogP contribution in [0.25, 0.3) is 0 Å². The van der Waals surface area contributed by atoms with E-state index in [0.717, 1.165) is 31.3 Å². The highest BCUT2D eigenvalue weighted by Gasteiger charge is 2.25. The average Bonchev–Trinajstić information content (AvgIpc) is 3.10. The van der Waals surface area contributed by atoms with Crippen molar-refractivity contribution in [2.45, 2.75) is 38.1 Å². The number of nitrogens with two attached hydrogens (primary N) is 1. The molecule has 6 heteroatoms. The quantitative estimate of drug-likeness (QED) is 0.424. The van der Waals surface area contributed by atoms with Crippen molar-refractivity contribution in [2.24, 2.45) is 16.6 Å². The lowest BCUT2D eigenvalue weighted by Gasteiger charge is -2.26. The van der Waals surface area contributed by atoms with Crippen LogP contribution in [0, 0.1) is 5.92 Å². The summed E-state index contributed by atoms with van der Waals surface area (Å²) < 4.78 is 5.59. The van der Waals surface area contributed by atoms with Gasteiger partial charge in [0.1, 0.15) is 5.76 Å². The molecule has 0 radical (unpaired) electrons. The van der Waals surface area contributed by atoms with Gasteiger partial charge in [-0.15, -0.1) is 24.0 Å². The van der Waals surface area contributed by atoms with Crippen LogP contribution >= 0.6 is 24.0 Å². The predicted octanol–water partition coefficient (Wildman–Crippen LogP) is 2.74. The van der Waals surface area contributed by atoms with Gasteiger partial charge in [0.2, 0.25) is 0 Å². The molecular formula is C16H27IN4O. The van der Waals surface area contributed by atoms with Crippen molar-refractivity contribution >= 4 is 29.9 Å². The third-order valence-electron chi connectivity index (χ3n) is 4.68. The topological polar surface area (TPSA) is 66.8 Å². The van der Waals surface area contributed by atoms with Crippen LogP contribution < -0.4 is 11.1 Å². The van der Waals surface area contributed by atoms with Gasteiger partial charge in [-0.3, -0.25) is 9.89 Å². The molecule has 5 nitrogen and oxygen atoms in total. The normalized spacial score (nSPS) is 21.2. The Morgan fingerprint density at radius 1 is 1.36 bits per heavy atom. The number of furan rings is 1. The van der Waals surface area contributed by atoms with Crippen LogP contribution in [0.1, 0.15) is 43.9 Å². The molecule has 22 heavy (non-hydrogen) atoms. The van der Waals surface area contributed by atoms with E-state index in [2.05, 4.69) is 15.2 Å². The lowest BCUT2D eigenvalue weighted by atomic mass is 9.85. The Balaban J connectivity index is 0.00000176. The van der Waals surface area contributed by atoms with Crippen molar-refractivity contribution in [2.75, 3.05) is 26.2 Å². The maximum Gasteiger partial charge on any atom is 0.188 e. The summed E-state index contributed by atoms with van der Waals surface area (Å²) in [5, 5.41) is 3.25. The number of hydrogen-bond acceptors (Lipinski definition) is 3. The zero-order chi connectivity index (χ0) is 14.5. The fourth-order valence-electron chi connectivity index (χ4n) is 3.11. The van der Waals surface area contributed by atoms with Crippen LogP contribution in [0.5, 0.6) is 0 Å². The third kappa shape index (κ3) is 4.62. The van der Waals surface area contributed by atoms with Crippen LogP contribution in [-0.2, 0) is 0 Å². The number of rotatable bonds is 6. The minimum absolute atomic E-state index is 0. The van der Waals surface area contributed by atoms with E-state index >= 15 is 0 Å². The number of guanidine groups is 1. The van der Waals surface area contributed by atoms with Crippen LogP contribution in [0.2, 0.25) is 0 Å². The molecule has 2 fully saturated rings. The molecule has 0 spiro atoms. The zero-order valence-corrected chi connectivity index (χ0v) is 15.4. The second kappa shape index (κ2) is 8.76. The minimum Gasteiger partial charge on any atom is -0.468 e. The summed E-state index contributed by atoms with van der Waals surface area (Å²) in [5.74, 6) is 2.35. The minimum atomic E-state index is 0. The summed E-state index contributed by atoms with van der Waals surface area (Å²) in [6.45, 7) is 3.87. The molecule has 3 rings (SSSR count). The largest absolute Gasteiger partial charge is 0.468 e. The van der Waals surface area contributed by atoms with Crippen LogP contribution in [0.4, 0.5) is 0 Å². The molecule has 0 bridgehead atoms. The van der Waals surface area contributed by atoms with Crippen molar-refractivity contribution in [1.82, 2.24) is 10.2 Å². The first-order valence-electron chi connectivity index (χ1n) is 8.14. The highest BCUT2D eigenvalue weighted by atomic mass is 127. The second-order valence-corrected chi connectivity index (χ2v) is 6.18. The molecule has 3 N–H and O–H groups in total. The number of nitrogens with zero attached hydrogens (tertiary/aromatic N) is 2. The molecule has 2 aliphatic rings. The van der Waals surface area contributed by atoms with E-state index in [4.69, 9.17) is 10.2 Å². The van der Waals surface area contributed by atoms with E-state index in [1.165, 1.54) is 32.1 Å². The molecule has 1 saturated heterocycles. The van der Waals surface area contributed by atoms with Crippen LogP contribution in [-0.4, -0.2) is 37.0 Å². The van der Waals surface area contributed by atoms with Gasteiger partial charge >= 0.3 is 0 Å². The summed E-state index contributed by atoms with van der Waals surface area (Å²) in [7, 11) is 0. The van der Waals surface area contributed by atoms with Gasteiger partial charge in [0.25, 0.3) is 0 Å². The van der Waals surface area contributed by atoms with Crippen molar-refractivity contribution in [3.8, 4) is 0 Å². The fourth-order valence-corrected chi connectivity index (χ4v) is 3.11. The number of halogens is 1. The van der Waals surface area contributed by atoms with Gasteiger partial charge in [0.15, 0.2) is 5.96 Å². The summed E-state index contributed by atoms with van der Waals surface area (Å²) in [6, 6.07) is 4.20. The fraction of sp³-hybridized carbons (Fsp3) is 0.688. The molecule has 0 aromatic carbocycles. The van der Waals surface area contributed by atoms with Crippen molar-refractivity contribution < 1.29 is 4.42 Å². The highest BCUT2D eigenvalue weighted by Crippen LogP contribution is 2.26.